The highest BCUT2D eigenvalue weighted by Crippen LogP contribution is 2.31. The van der Waals surface area contributed by atoms with Crippen molar-refractivity contribution in [2.75, 3.05) is 13.2 Å². The maximum Gasteiger partial charge on any atom is 0.257 e. The molecular weight excluding hydrogens is 307 g/mol. The molecule has 0 radical (unpaired) electrons. The SMILES string of the molecule is O=C(c1cc(F)c(F)cc1F)N1CCc2ccccc2C1CO. The van der Waals surface area contributed by atoms with Crippen LogP contribution in [0.25, 0.3) is 0 Å². The largest absolute Gasteiger partial charge is 0.394 e. The summed E-state index contributed by atoms with van der Waals surface area (Å²) in [4.78, 5) is 13.8. The van der Waals surface area contributed by atoms with Gasteiger partial charge in [-0.2, -0.15) is 0 Å². The molecule has 0 fully saturated rings. The van der Waals surface area contributed by atoms with Crippen LogP contribution in [-0.2, 0) is 6.42 Å². The molecule has 1 aliphatic heterocycles. The molecule has 6 heteroatoms. The number of aliphatic hydroxyl groups is 1. The van der Waals surface area contributed by atoms with Gasteiger partial charge in [-0.3, -0.25) is 4.79 Å². The summed E-state index contributed by atoms with van der Waals surface area (Å²) in [6.07, 6.45) is 0.545. The van der Waals surface area contributed by atoms with Crippen molar-refractivity contribution >= 4 is 5.91 Å². The van der Waals surface area contributed by atoms with Crippen molar-refractivity contribution < 1.29 is 23.1 Å². The van der Waals surface area contributed by atoms with E-state index in [9.17, 15) is 23.1 Å². The molecule has 0 saturated carbocycles. The first kappa shape index (κ1) is 15.6. The van der Waals surface area contributed by atoms with Gasteiger partial charge in [0.2, 0.25) is 0 Å². The van der Waals surface area contributed by atoms with E-state index in [2.05, 4.69) is 0 Å². The number of halogens is 3. The molecule has 23 heavy (non-hydrogen) atoms. The van der Waals surface area contributed by atoms with Gasteiger partial charge in [-0.1, -0.05) is 24.3 Å². The highest BCUT2D eigenvalue weighted by Gasteiger charge is 2.32. The Kier molecular flexibility index (Phi) is 4.09. The van der Waals surface area contributed by atoms with Gasteiger partial charge in [-0.05, 0) is 23.6 Å². The van der Waals surface area contributed by atoms with Crippen LogP contribution in [0.3, 0.4) is 0 Å². The molecule has 1 N–H and O–H groups in total. The normalized spacial score (nSPS) is 17.0. The van der Waals surface area contributed by atoms with Crippen LogP contribution in [0.2, 0.25) is 0 Å². The van der Waals surface area contributed by atoms with Crippen LogP contribution in [-0.4, -0.2) is 29.1 Å². The second-order valence-corrected chi connectivity index (χ2v) is 5.39. The highest BCUT2D eigenvalue weighted by atomic mass is 19.2. The Morgan fingerprint density at radius 1 is 1.13 bits per heavy atom. The van der Waals surface area contributed by atoms with E-state index in [-0.39, 0.29) is 13.2 Å². The number of aliphatic hydroxyl groups excluding tert-OH is 1. The van der Waals surface area contributed by atoms with Crippen LogP contribution in [0.1, 0.15) is 27.5 Å². The van der Waals surface area contributed by atoms with E-state index in [1.54, 1.807) is 12.1 Å². The lowest BCUT2D eigenvalue weighted by atomic mass is 9.92. The standard InChI is InChI=1S/C17H14F3NO2/c18-13-8-15(20)14(19)7-12(13)17(23)21-6-5-10-3-1-2-4-11(10)16(21)9-22/h1-4,7-8,16,22H,5-6,9H2. The van der Waals surface area contributed by atoms with Crippen LogP contribution in [0, 0.1) is 17.5 Å². The van der Waals surface area contributed by atoms with Crippen molar-refractivity contribution in [3.05, 3.63) is 70.5 Å². The molecule has 1 aliphatic rings. The Bertz CT molecular complexity index is 763. The van der Waals surface area contributed by atoms with Crippen molar-refractivity contribution in [1.29, 1.82) is 0 Å². The van der Waals surface area contributed by atoms with Gasteiger partial charge < -0.3 is 10.0 Å². The lowest BCUT2D eigenvalue weighted by Gasteiger charge is -2.36. The predicted molar refractivity (Wildman–Crippen MR) is 77.3 cm³/mol. The fourth-order valence-corrected chi connectivity index (χ4v) is 2.93. The summed E-state index contributed by atoms with van der Waals surface area (Å²) in [5.41, 5.74) is 1.24. The van der Waals surface area contributed by atoms with E-state index in [1.165, 1.54) is 4.90 Å². The van der Waals surface area contributed by atoms with E-state index in [0.717, 1.165) is 11.1 Å². The molecule has 2 aromatic rings. The minimum Gasteiger partial charge on any atom is -0.394 e. The van der Waals surface area contributed by atoms with Gasteiger partial charge in [0.05, 0.1) is 18.2 Å². The van der Waals surface area contributed by atoms with Crippen molar-refractivity contribution in [1.82, 2.24) is 4.90 Å². The molecule has 0 spiro atoms. The molecule has 3 rings (SSSR count). The molecule has 0 aliphatic carbocycles. The average Bonchev–Trinajstić information content (AvgIpc) is 2.56. The summed E-state index contributed by atoms with van der Waals surface area (Å²) < 4.78 is 40.2. The number of hydrogen-bond acceptors (Lipinski definition) is 2. The van der Waals surface area contributed by atoms with E-state index in [0.29, 0.717) is 18.6 Å². The number of fused-ring (bicyclic) bond motifs is 1. The minimum atomic E-state index is -1.35. The molecule has 2 aromatic carbocycles. The molecule has 1 amide bonds. The third-order valence-corrected chi connectivity index (χ3v) is 4.09. The Hall–Kier alpha value is -2.34. The van der Waals surface area contributed by atoms with Gasteiger partial charge in [-0.15, -0.1) is 0 Å². The van der Waals surface area contributed by atoms with E-state index in [4.69, 9.17) is 0 Å². The Morgan fingerprint density at radius 2 is 1.83 bits per heavy atom. The number of rotatable bonds is 2. The second-order valence-electron chi connectivity index (χ2n) is 5.39. The second kappa shape index (κ2) is 6.04. The monoisotopic (exact) mass is 321 g/mol. The lowest BCUT2D eigenvalue weighted by molar-refractivity contribution is 0.0563. The fraction of sp³-hybridized carbons (Fsp3) is 0.235. The van der Waals surface area contributed by atoms with Crippen molar-refractivity contribution in [3.63, 3.8) is 0 Å². The number of nitrogens with zero attached hydrogens (tertiary/aromatic N) is 1. The first-order valence-electron chi connectivity index (χ1n) is 7.17. The van der Waals surface area contributed by atoms with Gasteiger partial charge >= 0.3 is 0 Å². The maximum absolute atomic E-state index is 13.8. The molecular formula is C17H14F3NO2. The fourth-order valence-electron chi connectivity index (χ4n) is 2.93. The quantitative estimate of drug-likeness (QED) is 0.864. The molecule has 1 atom stereocenters. The summed E-state index contributed by atoms with van der Waals surface area (Å²) in [7, 11) is 0. The first-order valence-corrected chi connectivity index (χ1v) is 7.17. The van der Waals surface area contributed by atoms with Gasteiger partial charge in [-0.25, -0.2) is 13.2 Å². The molecule has 3 nitrogen and oxygen atoms in total. The molecule has 0 aromatic heterocycles. The van der Waals surface area contributed by atoms with Gasteiger partial charge in [0.1, 0.15) is 5.82 Å². The van der Waals surface area contributed by atoms with Crippen molar-refractivity contribution in [2.45, 2.75) is 12.5 Å². The molecule has 120 valence electrons. The van der Waals surface area contributed by atoms with Crippen molar-refractivity contribution in [2.24, 2.45) is 0 Å². The average molecular weight is 321 g/mol. The molecule has 0 saturated heterocycles. The number of carbonyl (C=O) groups is 1. The van der Waals surface area contributed by atoms with Crippen LogP contribution >= 0.6 is 0 Å². The Morgan fingerprint density at radius 3 is 2.57 bits per heavy atom. The highest BCUT2D eigenvalue weighted by molar-refractivity contribution is 5.95. The summed E-state index contributed by atoms with van der Waals surface area (Å²) >= 11 is 0. The van der Waals surface area contributed by atoms with Crippen molar-refractivity contribution in [3.8, 4) is 0 Å². The predicted octanol–water partition coefficient (Wildman–Crippen LogP) is 2.84. The van der Waals surface area contributed by atoms with E-state index in [1.807, 2.05) is 12.1 Å². The van der Waals surface area contributed by atoms with Crippen LogP contribution in [0.4, 0.5) is 13.2 Å². The third-order valence-electron chi connectivity index (χ3n) is 4.09. The summed E-state index contributed by atoms with van der Waals surface area (Å²) in [5.74, 6) is -4.52. The van der Waals surface area contributed by atoms with Crippen LogP contribution < -0.4 is 0 Å². The number of amides is 1. The maximum atomic E-state index is 13.8. The smallest absolute Gasteiger partial charge is 0.257 e. The zero-order chi connectivity index (χ0) is 16.6. The Balaban J connectivity index is 1.99. The van der Waals surface area contributed by atoms with Gasteiger partial charge in [0.15, 0.2) is 11.6 Å². The zero-order valence-electron chi connectivity index (χ0n) is 12.1. The summed E-state index contributed by atoms with van der Waals surface area (Å²) in [6.45, 7) is -0.0758. The summed E-state index contributed by atoms with van der Waals surface area (Å²) in [6, 6.07) is 7.61. The van der Waals surface area contributed by atoms with E-state index < -0.39 is 35.0 Å². The number of carbonyl (C=O) groups excluding carboxylic acids is 1. The zero-order valence-corrected chi connectivity index (χ0v) is 12.1. The molecule has 1 heterocycles. The van der Waals surface area contributed by atoms with Gasteiger partial charge in [0.25, 0.3) is 5.91 Å². The lowest BCUT2D eigenvalue weighted by Crippen LogP contribution is -2.42. The van der Waals surface area contributed by atoms with Crippen LogP contribution in [0.15, 0.2) is 36.4 Å². The topological polar surface area (TPSA) is 40.5 Å². The molecule has 0 bridgehead atoms. The Labute approximate surface area is 131 Å². The van der Waals surface area contributed by atoms with Gasteiger partial charge in [0, 0.05) is 12.6 Å². The minimum absolute atomic E-state index is 0.263. The number of benzene rings is 2. The number of hydrogen-bond donors (Lipinski definition) is 1. The first-order chi connectivity index (χ1) is 11.0. The summed E-state index contributed by atoms with van der Waals surface area (Å²) in [5, 5.41) is 9.65. The van der Waals surface area contributed by atoms with Crippen LogP contribution in [0.5, 0.6) is 0 Å². The molecule has 1 unspecified atom stereocenters. The van der Waals surface area contributed by atoms with E-state index >= 15 is 0 Å². The third kappa shape index (κ3) is 2.70.